The van der Waals surface area contributed by atoms with E-state index in [4.69, 9.17) is 14.2 Å². The number of carbonyl (C=O) groups is 1. The van der Waals surface area contributed by atoms with Crippen molar-refractivity contribution in [2.45, 2.75) is 32.9 Å². The second kappa shape index (κ2) is 4.99. The van der Waals surface area contributed by atoms with Crippen LogP contribution in [0.5, 0.6) is 11.5 Å². The molecule has 0 unspecified atom stereocenters. The monoisotopic (exact) mass is 265 g/mol. The van der Waals surface area contributed by atoms with Crippen LogP contribution in [-0.2, 0) is 11.3 Å². The Morgan fingerprint density at radius 2 is 2.00 bits per heavy atom. The van der Waals surface area contributed by atoms with E-state index in [9.17, 15) is 4.79 Å². The number of carbonyl (C=O) groups excluding carboxylic acids is 1. The van der Waals surface area contributed by atoms with Gasteiger partial charge < -0.3 is 19.1 Å². The molecule has 0 saturated carbocycles. The zero-order valence-electron chi connectivity index (χ0n) is 11.7. The Hall–Kier alpha value is -1.91. The summed E-state index contributed by atoms with van der Waals surface area (Å²) in [5.41, 5.74) is 0.484. The maximum atomic E-state index is 11.8. The second-order valence-electron chi connectivity index (χ2n) is 5.52. The third kappa shape index (κ3) is 3.53. The largest absolute Gasteiger partial charge is 0.454 e. The molecular formula is C14H19NO4. The van der Waals surface area contributed by atoms with Gasteiger partial charge in [-0.05, 0) is 38.5 Å². The minimum absolute atomic E-state index is 0.251. The highest BCUT2D eigenvalue weighted by atomic mass is 16.7. The number of ether oxygens (including phenoxy) is 3. The summed E-state index contributed by atoms with van der Waals surface area (Å²) in [7, 11) is 1.71. The Labute approximate surface area is 113 Å². The van der Waals surface area contributed by atoms with Crippen molar-refractivity contribution in [3.8, 4) is 11.5 Å². The Kier molecular flexibility index (Phi) is 3.55. The van der Waals surface area contributed by atoms with Crippen LogP contribution in [0.25, 0.3) is 0 Å². The van der Waals surface area contributed by atoms with Gasteiger partial charge in [0.05, 0.1) is 0 Å². The minimum atomic E-state index is -0.486. The third-order valence-corrected chi connectivity index (χ3v) is 2.56. The molecule has 1 aromatic carbocycles. The highest BCUT2D eigenvalue weighted by molar-refractivity contribution is 5.67. The number of hydrogen-bond acceptors (Lipinski definition) is 4. The number of nitrogens with zero attached hydrogens (tertiary/aromatic N) is 1. The van der Waals surface area contributed by atoms with Crippen LogP contribution in [0.15, 0.2) is 18.2 Å². The highest BCUT2D eigenvalue weighted by Gasteiger charge is 2.20. The molecule has 5 nitrogen and oxygen atoms in total. The average molecular weight is 265 g/mol. The van der Waals surface area contributed by atoms with E-state index >= 15 is 0 Å². The zero-order valence-corrected chi connectivity index (χ0v) is 11.7. The number of benzene rings is 1. The van der Waals surface area contributed by atoms with Gasteiger partial charge in [-0.15, -0.1) is 0 Å². The number of rotatable bonds is 2. The summed E-state index contributed by atoms with van der Waals surface area (Å²) in [6.07, 6.45) is -0.342. The molecule has 104 valence electrons. The normalized spacial score (nSPS) is 13.3. The molecule has 0 aromatic heterocycles. The highest BCUT2D eigenvalue weighted by Crippen LogP contribution is 2.32. The van der Waals surface area contributed by atoms with Crippen molar-refractivity contribution in [2.75, 3.05) is 13.8 Å². The number of hydrogen-bond donors (Lipinski definition) is 0. The van der Waals surface area contributed by atoms with Gasteiger partial charge in [-0.25, -0.2) is 4.79 Å². The summed E-state index contributed by atoms with van der Waals surface area (Å²) < 4.78 is 15.8. The lowest BCUT2D eigenvalue weighted by molar-refractivity contribution is 0.0285. The molecular weight excluding hydrogens is 246 g/mol. The van der Waals surface area contributed by atoms with Crippen LogP contribution in [0, 0.1) is 0 Å². The molecule has 0 bridgehead atoms. The predicted molar refractivity (Wildman–Crippen MR) is 70.3 cm³/mol. The van der Waals surface area contributed by atoms with Gasteiger partial charge in [-0.2, -0.15) is 0 Å². The fourth-order valence-electron chi connectivity index (χ4n) is 1.72. The molecule has 0 fully saturated rings. The lowest BCUT2D eigenvalue weighted by Gasteiger charge is -2.24. The molecule has 1 aliphatic rings. The van der Waals surface area contributed by atoms with Crippen LogP contribution in [0.2, 0.25) is 0 Å². The average Bonchev–Trinajstić information content (AvgIpc) is 2.73. The van der Waals surface area contributed by atoms with Crippen LogP contribution in [-0.4, -0.2) is 30.4 Å². The van der Waals surface area contributed by atoms with Crippen molar-refractivity contribution in [1.82, 2.24) is 4.90 Å². The molecule has 19 heavy (non-hydrogen) atoms. The van der Waals surface area contributed by atoms with Crippen molar-refractivity contribution >= 4 is 6.09 Å². The van der Waals surface area contributed by atoms with Crippen LogP contribution in [0.1, 0.15) is 26.3 Å². The fraction of sp³-hybridized carbons (Fsp3) is 0.500. The Balaban J connectivity index is 1.99. The Bertz CT molecular complexity index is 479. The summed E-state index contributed by atoms with van der Waals surface area (Å²) >= 11 is 0. The molecule has 1 aliphatic heterocycles. The van der Waals surface area contributed by atoms with E-state index in [1.54, 1.807) is 7.05 Å². The van der Waals surface area contributed by atoms with Crippen molar-refractivity contribution in [3.63, 3.8) is 0 Å². The number of fused-ring (bicyclic) bond motifs is 1. The lowest BCUT2D eigenvalue weighted by Crippen LogP contribution is -2.33. The first-order chi connectivity index (χ1) is 8.85. The van der Waals surface area contributed by atoms with E-state index in [2.05, 4.69) is 0 Å². The van der Waals surface area contributed by atoms with Gasteiger partial charge in [0.1, 0.15) is 5.60 Å². The quantitative estimate of drug-likeness (QED) is 0.825. The van der Waals surface area contributed by atoms with Gasteiger partial charge in [-0.3, -0.25) is 0 Å². The van der Waals surface area contributed by atoms with Gasteiger partial charge in [0.2, 0.25) is 6.79 Å². The summed E-state index contributed by atoms with van der Waals surface area (Å²) in [4.78, 5) is 13.4. The van der Waals surface area contributed by atoms with Crippen molar-refractivity contribution in [2.24, 2.45) is 0 Å². The van der Waals surface area contributed by atoms with Crippen LogP contribution < -0.4 is 9.47 Å². The Morgan fingerprint density at radius 3 is 2.68 bits per heavy atom. The van der Waals surface area contributed by atoms with Crippen molar-refractivity contribution in [3.05, 3.63) is 23.8 Å². The topological polar surface area (TPSA) is 48.0 Å². The molecule has 1 aromatic rings. The van der Waals surface area contributed by atoms with Crippen molar-refractivity contribution in [1.29, 1.82) is 0 Å². The molecule has 0 atom stereocenters. The predicted octanol–water partition coefficient (Wildman–Crippen LogP) is 2.78. The smallest absolute Gasteiger partial charge is 0.410 e. The first-order valence-corrected chi connectivity index (χ1v) is 6.18. The zero-order chi connectivity index (χ0) is 14.0. The van der Waals surface area contributed by atoms with E-state index < -0.39 is 5.60 Å². The molecule has 0 radical (unpaired) electrons. The SMILES string of the molecule is CN(Cc1ccc2c(c1)OCO2)C(=O)OC(C)(C)C. The number of amides is 1. The van der Waals surface area contributed by atoms with Gasteiger partial charge in [0, 0.05) is 13.6 Å². The van der Waals surface area contributed by atoms with E-state index in [-0.39, 0.29) is 12.9 Å². The summed E-state index contributed by atoms with van der Waals surface area (Å²) in [5.74, 6) is 1.46. The second-order valence-corrected chi connectivity index (χ2v) is 5.52. The van der Waals surface area contributed by atoms with E-state index in [1.807, 2.05) is 39.0 Å². The summed E-state index contributed by atoms with van der Waals surface area (Å²) in [6.45, 7) is 6.25. The summed E-state index contributed by atoms with van der Waals surface area (Å²) in [5, 5.41) is 0. The maximum absolute atomic E-state index is 11.8. The molecule has 1 amide bonds. The van der Waals surface area contributed by atoms with E-state index in [1.165, 1.54) is 4.90 Å². The molecule has 0 saturated heterocycles. The standard InChI is InChI=1S/C14H19NO4/c1-14(2,3)19-13(16)15(4)8-10-5-6-11-12(7-10)18-9-17-11/h5-7H,8-9H2,1-4H3. The summed E-state index contributed by atoms with van der Waals surface area (Å²) in [6, 6.07) is 5.64. The Morgan fingerprint density at radius 1 is 1.32 bits per heavy atom. The van der Waals surface area contributed by atoms with E-state index in [0.717, 1.165) is 17.1 Å². The molecule has 0 aliphatic carbocycles. The molecule has 0 spiro atoms. The minimum Gasteiger partial charge on any atom is -0.454 e. The third-order valence-electron chi connectivity index (χ3n) is 2.56. The lowest BCUT2D eigenvalue weighted by atomic mass is 10.2. The van der Waals surface area contributed by atoms with Gasteiger partial charge in [0.15, 0.2) is 11.5 Å². The van der Waals surface area contributed by atoms with Crippen LogP contribution in [0.4, 0.5) is 4.79 Å². The van der Waals surface area contributed by atoms with Crippen LogP contribution >= 0.6 is 0 Å². The molecule has 1 heterocycles. The van der Waals surface area contributed by atoms with Gasteiger partial charge in [0.25, 0.3) is 0 Å². The molecule has 5 heteroatoms. The fourth-order valence-corrected chi connectivity index (χ4v) is 1.72. The van der Waals surface area contributed by atoms with Crippen molar-refractivity contribution < 1.29 is 19.0 Å². The van der Waals surface area contributed by atoms with Crippen LogP contribution in [0.3, 0.4) is 0 Å². The first-order valence-electron chi connectivity index (χ1n) is 6.18. The van der Waals surface area contributed by atoms with Gasteiger partial charge in [-0.1, -0.05) is 6.07 Å². The molecule has 0 N–H and O–H groups in total. The molecule has 2 rings (SSSR count). The first kappa shape index (κ1) is 13.5. The van der Waals surface area contributed by atoms with E-state index in [0.29, 0.717) is 6.54 Å². The van der Waals surface area contributed by atoms with Gasteiger partial charge >= 0.3 is 6.09 Å². The maximum Gasteiger partial charge on any atom is 0.410 e.